The van der Waals surface area contributed by atoms with Crippen molar-refractivity contribution in [3.05, 3.63) is 6.42 Å². The quantitative estimate of drug-likeness (QED) is 0.483. The molecule has 1 aliphatic rings. The Balaban J connectivity index is 2.52. The Morgan fingerprint density at radius 3 is 2.30 bits per heavy atom. The molecule has 1 aliphatic carbocycles. The van der Waals surface area contributed by atoms with Gasteiger partial charge in [0.05, 0.1) is 0 Å². The fourth-order valence-electron chi connectivity index (χ4n) is 1.68. The molecule has 0 aromatic carbocycles. The first-order chi connectivity index (χ1) is 4.52. The van der Waals surface area contributed by atoms with Gasteiger partial charge in [-0.15, -0.1) is 0 Å². The van der Waals surface area contributed by atoms with Crippen LogP contribution in [0.3, 0.4) is 0 Å². The van der Waals surface area contributed by atoms with Crippen molar-refractivity contribution in [2.75, 3.05) is 0 Å². The maximum Gasteiger partial charge on any atom is -0.0324 e. The smallest absolute Gasteiger partial charge is 0.0324 e. The average Bonchev–Trinajstić information content (AvgIpc) is 1.81. The lowest BCUT2D eigenvalue weighted by molar-refractivity contribution is 0.173. The molecule has 0 bridgehead atoms. The van der Waals surface area contributed by atoms with Gasteiger partial charge in [-0.2, -0.15) is 0 Å². The van der Waals surface area contributed by atoms with Gasteiger partial charge in [0.1, 0.15) is 0 Å². The highest BCUT2D eigenvalue weighted by atomic mass is 14.4. The molecule has 10 heavy (non-hydrogen) atoms. The minimum Gasteiger partial charge on any atom is -0.0622 e. The zero-order valence-corrected chi connectivity index (χ0v) is 7.65. The Morgan fingerprint density at radius 2 is 1.90 bits per heavy atom. The van der Waals surface area contributed by atoms with Crippen LogP contribution in [0.1, 0.15) is 40.5 Å². The lowest BCUT2D eigenvalue weighted by Gasteiger charge is -2.39. The highest BCUT2D eigenvalue weighted by Gasteiger charge is 2.31. The molecule has 0 saturated heterocycles. The third-order valence-electron chi connectivity index (χ3n) is 3.09. The second-order valence-electron chi connectivity index (χ2n) is 4.49. The van der Waals surface area contributed by atoms with E-state index < -0.39 is 0 Å². The molecule has 59 valence electrons. The molecule has 0 aromatic rings. The predicted molar refractivity (Wildman–Crippen MR) is 45.6 cm³/mol. The van der Waals surface area contributed by atoms with Crippen molar-refractivity contribution >= 4 is 0 Å². The fourth-order valence-corrected chi connectivity index (χ4v) is 1.68. The van der Waals surface area contributed by atoms with Crippen LogP contribution in [0.5, 0.6) is 0 Å². The second-order valence-corrected chi connectivity index (χ2v) is 4.49. The summed E-state index contributed by atoms with van der Waals surface area (Å²) in [6.07, 6.45) is 5.28. The lowest BCUT2D eigenvalue weighted by Crippen LogP contribution is -2.29. The van der Waals surface area contributed by atoms with Gasteiger partial charge >= 0.3 is 0 Å². The van der Waals surface area contributed by atoms with E-state index in [-0.39, 0.29) is 0 Å². The molecule has 0 nitrogen and oxygen atoms in total. The van der Waals surface area contributed by atoms with Gasteiger partial charge in [0.15, 0.2) is 0 Å². The third kappa shape index (κ3) is 1.53. The summed E-state index contributed by atoms with van der Waals surface area (Å²) in [5.41, 5.74) is 0.562. The van der Waals surface area contributed by atoms with Crippen molar-refractivity contribution in [3.8, 4) is 0 Å². The number of rotatable bonds is 0. The topological polar surface area (TPSA) is 0 Å². The first-order valence-corrected chi connectivity index (χ1v) is 4.37. The summed E-state index contributed by atoms with van der Waals surface area (Å²) in [6.45, 7) is 9.42. The molecule has 2 atom stereocenters. The van der Waals surface area contributed by atoms with E-state index in [1.807, 2.05) is 0 Å². The molecule has 0 spiro atoms. The van der Waals surface area contributed by atoms with Gasteiger partial charge in [-0.3, -0.25) is 0 Å². The Bertz CT molecular complexity index is 113. The van der Waals surface area contributed by atoms with Crippen LogP contribution in [0.25, 0.3) is 0 Å². The van der Waals surface area contributed by atoms with Crippen LogP contribution in [-0.4, -0.2) is 0 Å². The van der Waals surface area contributed by atoms with Crippen LogP contribution >= 0.6 is 0 Å². The maximum atomic E-state index is 2.50. The van der Waals surface area contributed by atoms with Crippen LogP contribution in [0.2, 0.25) is 0 Å². The molecular weight excluding hydrogens is 120 g/mol. The molecule has 0 amide bonds. The summed E-state index contributed by atoms with van der Waals surface area (Å²) in [4.78, 5) is 0. The van der Waals surface area contributed by atoms with E-state index in [0.29, 0.717) is 5.41 Å². The average molecular weight is 139 g/mol. The molecule has 1 rings (SSSR count). The molecule has 2 unspecified atom stereocenters. The highest BCUT2D eigenvalue weighted by molar-refractivity contribution is 4.93. The van der Waals surface area contributed by atoms with Crippen LogP contribution in [0.4, 0.5) is 0 Å². The molecule has 1 saturated carbocycles. The Labute approximate surface area is 65.0 Å². The maximum absolute atomic E-state index is 2.50. The van der Waals surface area contributed by atoms with E-state index in [0.717, 1.165) is 11.8 Å². The van der Waals surface area contributed by atoms with E-state index >= 15 is 0 Å². The van der Waals surface area contributed by atoms with Crippen molar-refractivity contribution in [2.45, 2.75) is 40.5 Å². The largest absolute Gasteiger partial charge is 0.0622 e. The second kappa shape index (κ2) is 2.56. The van der Waals surface area contributed by atoms with E-state index in [1.165, 1.54) is 12.8 Å². The first kappa shape index (κ1) is 8.10. The Kier molecular flexibility index (Phi) is 2.07. The van der Waals surface area contributed by atoms with Crippen molar-refractivity contribution in [1.29, 1.82) is 0 Å². The SMILES string of the molecule is CC1[CH]C(C)C(C)(C)CC1. The van der Waals surface area contributed by atoms with Crippen LogP contribution in [0, 0.1) is 23.7 Å². The molecule has 1 radical (unpaired) electrons. The van der Waals surface area contributed by atoms with Gasteiger partial charge < -0.3 is 0 Å². The van der Waals surface area contributed by atoms with E-state index in [1.54, 1.807) is 0 Å². The van der Waals surface area contributed by atoms with Crippen molar-refractivity contribution < 1.29 is 0 Å². The van der Waals surface area contributed by atoms with E-state index in [2.05, 4.69) is 34.1 Å². The molecular formula is C10H19. The Morgan fingerprint density at radius 1 is 1.30 bits per heavy atom. The van der Waals surface area contributed by atoms with Gasteiger partial charge in [0, 0.05) is 0 Å². The van der Waals surface area contributed by atoms with Crippen molar-refractivity contribution in [2.24, 2.45) is 17.3 Å². The van der Waals surface area contributed by atoms with Crippen LogP contribution < -0.4 is 0 Å². The number of hydrogen-bond acceptors (Lipinski definition) is 0. The van der Waals surface area contributed by atoms with E-state index in [9.17, 15) is 0 Å². The number of hydrogen-bond donors (Lipinski definition) is 0. The third-order valence-corrected chi connectivity index (χ3v) is 3.09. The van der Waals surface area contributed by atoms with Gasteiger partial charge in [0.25, 0.3) is 0 Å². The van der Waals surface area contributed by atoms with Crippen molar-refractivity contribution in [3.63, 3.8) is 0 Å². The minimum atomic E-state index is 0.562. The van der Waals surface area contributed by atoms with E-state index in [4.69, 9.17) is 0 Å². The summed E-state index contributed by atoms with van der Waals surface area (Å²) in [7, 11) is 0. The lowest BCUT2D eigenvalue weighted by atomic mass is 9.67. The molecule has 0 aliphatic heterocycles. The molecule has 1 fully saturated rings. The molecule has 0 heterocycles. The highest BCUT2D eigenvalue weighted by Crippen LogP contribution is 2.41. The zero-order valence-electron chi connectivity index (χ0n) is 7.65. The van der Waals surface area contributed by atoms with Crippen LogP contribution in [-0.2, 0) is 0 Å². The van der Waals surface area contributed by atoms with Crippen LogP contribution in [0.15, 0.2) is 0 Å². The minimum absolute atomic E-state index is 0.562. The van der Waals surface area contributed by atoms with Gasteiger partial charge in [-0.05, 0) is 36.5 Å². The Hall–Kier alpha value is 0. The standard InChI is InChI=1S/C10H19/c1-8-5-6-10(3,4)9(2)7-8/h7-9H,5-6H2,1-4H3. The van der Waals surface area contributed by atoms with Gasteiger partial charge in [-0.1, -0.05) is 27.7 Å². The summed E-state index contributed by atoms with van der Waals surface area (Å²) in [6, 6.07) is 0. The molecule has 0 N–H and O–H groups in total. The summed E-state index contributed by atoms with van der Waals surface area (Å²) < 4.78 is 0. The summed E-state index contributed by atoms with van der Waals surface area (Å²) in [5, 5.41) is 0. The van der Waals surface area contributed by atoms with Gasteiger partial charge in [-0.25, -0.2) is 0 Å². The normalized spacial score (nSPS) is 39.6. The first-order valence-electron chi connectivity index (χ1n) is 4.37. The van der Waals surface area contributed by atoms with Crippen molar-refractivity contribution in [1.82, 2.24) is 0 Å². The monoisotopic (exact) mass is 139 g/mol. The predicted octanol–water partition coefficient (Wildman–Crippen LogP) is 3.28. The van der Waals surface area contributed by atoms with Gasteiger partial charge in [0.2, 0.25) is 0 Å². The fraction of sp³-hybridized carbons (Fsp3) is 0.900. The zero-order chi connectivity index (χ0) is 7.78. The molecule has 0 heteroatoms. The summed E-state index contributed by atoms with van der Waals surface area (Å²) >= 11 is 0. The molecule has 0 aromatic heterocycles. The summed E-state index contributed by atoms with van der Waals surface area (Å²) in [5.74, 6) is 1.65.